The fourth-order valence-corrected chi connectivity index (χ4v) is 1.27. The standard InChI is InChI=1S/C11H18N4O3/c1-17-7-5-15(6-8-18-2)11(16)14-10-9-12-3-4-13-10/h3-4,9H,5-8H2,1-2H3,(H,13,14,16). The van der Waals surface area contributed by atoms with Gasteiger partial charge in [-0.2, -0.15) is 0 Å². The monoisotopic (exact) mass is 254 g/mol. The largest absolute Gasteiger partial charge is 0.383 e. The molecule has 0 saturated carbocycles. The van der Waals surface area contributed by atoms with E-state index in [4.69, 9.17) is 9.47 Å². The van der Waals surface area contributed by atoms with E-state index in [9.17, 15) is 4.79 Å². The molecule has 18 heavy (non-hydrogen) atoms. The lowest BCUT2D eigenvalue weighted by Gasteiger charge is -2.21. The van der Waals surface area contributed by atoms with Crippen molar-refractivity contribution >= 4 is 11.8 Å². The molecule has 7 nitrogen and oxygen atoms in total. The van der Waals surface area contributed by atoms with Gasteiger partial charge < -0.3 is 14.4 Å². The fourth-order valence-electron chi connectivity index (χ4n) is 1.27. The number of aromatic nitrogens is 2. The third-order valence-corrected chi connectivity index (χ3v) is 2.22. The molecule has 0 unspecified atom stereocenters. The number of urea groups is 1. The average Bonchev–Trinajstić information content (AvgIpc) is 2.40. The Morgan fingerprint density at radius 3 is 2.44 bits per heavy atom. The summed E-state index contributed by atoms with van der Waals surface area (Å²) < 4.78 is 9.92. The van der Waals surface area contributed by atoms with Crippen molar-refractivity contribution in [3.05, 3.63) is 18.6 Å². The number of methoxy groups -OCH3 is 2. The molecule has 0 bridgehead atoms. The van der Waals surface area contributed by atoms with E-state index in [1.54, 1.807) is 25.3 Å². The zero-order valence-corrected chi connectivity index (χ0v) is 10.6. The minimum Gasteiger partial charge on any atom is -0.383 e. The molecule has 100 valence electrons. The van der Waals surface area contributed by atoms with Crippen molar-refractivity contribution in [3.8, 4) is 0 Å². The fraction of sp³-hybridized carbons (Fsp3) is 0.545. The molecule has 0 radical (unpaired) electrons. The lowest BCUT2D eigenvalue weighted by molar-refractivity contribution is 0.127. The SMILES string of the molecule is COCCN(CCOC)C(=O)Nc1cnccn1. The number of nitrogens with one attached hydrogen (secondary N) is 1. The molecule has 2 amide bonds. The quantitative estimate of drug-likeness (QED) is 0.771. The summed E-state index contributed by atoms with van der Waals surface area (Å²) in [5.74, 6) is 0.419. The van der Waals surface area contributed by atoms with Crippen LogP contribution in [0.2, 0.25) is 0 Å². The number of amides is 2. The molecular formula is C11H18N4O3. The van der Waals surface area contributed by atoms with Crippen LogP contribution in [0.3, 0.4) is 0 Å². The number of carbonyl (C=O) groups excluding carboxylic acids is 1. The molecular weight excluding hydrogens is 236 g/mol. The van der Waals surface area contributed by atoms with Crippen LogP contribution in [0.15, 0.2) is 18.6 Å². The first-order valence-corrected chi connectivity index (χ1v) is 5.57. The molecule has 0 aliphatic carbocycles. The zero-order chi connectivity index (χ0) is 13.2. The van der Waals surface area contributed by atoms with Crippen LogP contribution in [-0.4, -0.2) is 61.4 Å². The molecule has 0 fully saturated rings. The molecule has 0 atom stereocenters. The number of carbonyl (C=O) groups is 1. The van der Waals surface area contributed by atoms with Gasteiger partial charge in [-0.25, -0.2) is 9.78 Å². The molecule has 0 spiro atoms. The zero-order valence-electron chi connectivity index (χ0n) is 10.6. The molecule has 1 rings (SSSR count). The van der Waals surface area contributed by atoms with Gasteiger partial charge in [-0.05, 0) is 0 Å². The normalized spacial score (nSPS) is 10.1. The number of hydrogen-bond acceptors (Lipinski definition) is 5. The molecule has 1 heterocycles. The second kappa shape index (κ2) is 8.37. The Bertz CT molecular complexity index is 339. The summed E-state index contributed by atoms with van der Waals surface area (Å²) in [5, 5.41) is 2.66. The van der Waals surface area contributed by atoms with Gasteiger partial charge in [0.15, 0.2) is 5.82 Å². The van der Waals surface area contributed by atoms with Gasteiger partial charge in [0.2, 0.25) is 0 Å². The lowest BCUT2D eigenvalue weighted by atomic mass is 10.5. The van der Waals surface area contributed by atoms with Crippen LogP contribution < -0.4 is 5.32 Å². The van der Waals surface area contributed by atoms with Gasteiger partial charge >= 0.3 is 6.03 Å². The number of anilines is 1. The number of hydrogen-bond donors (Lipinski definition) is 1. The Hall–Kier alpha value is -1.73. The van der Waals surface area contributed by atoms with Crippen LogP contribution in [0.1, 0.15) is 0 Å². The number of ether oxygens (including phenoxy) is 2. The highest BCUT2D eigenvalue weighted by Crippen LogP contribution is 2.00. The van der Waals surface area contributed by atoms with Crippen molar-refractivity contribution in [3.63, 3.8) is 0 Å². The third kappa shape index (κ3) is 5.07. The maximum Gasteiger partial charge on any atom is 0.323 e. The summed E-state index contributed by atoms with van der Waals surface area (Å²) >= 11 is 0. The highest BCUT2D eigenvalue weighted by Gasteiger charge is 2.13. The summed E-state index contributed by atoms with van der Waals surface area (Å²) in [7, 11) is 3.18. The van der Waals surface area contributed by atoms with Crippen molar-refractivity contribution in [2.24, 2.45) is 0 Å². The minimum absolute atomic E-state index is 0.246. The summed E-state index contributed by atoms with van der Waals surface area (Å²) in [6, 6.07) is -0.246. The maximum absolute atomic E-state index is 12.0. The van der Waals surface area contributed by atoms with Crippen LogP contribution in [0.4, 0.5) is 10.6 Å². The molecule has 0 aromatic carbocycles. The Morgan fingerprint density at radius 1 is 1.28 bits per heavy atom. The van der Waals surface area contributed by atoms with E-state index in [2.05, 4.69) is 15.3 Å². The Balaban J connectivity index is 2.52. The van der Waals surface area contributed by atoms with Crippen LogP contribution in [0.25, 0.3) is 0 Å². The molecule has 7 heteroatoms. The lowest BCUT2D eigenvalue weighted by Crippen LogP contribution is -2.39. The first-order chi connectivity index (χ1) is 8.77. The van der Waals surface area contributed by atoms with Crippen molar-refractivity contribution in [1.29, 1.82) is 0 Å². The second-order valence-electron chi connectivity index (χ2n) is 3.49. The van der Waals surface area contributed by atoms with Crippen molar-refractivity contribution in [2.75, 3.05) is 45.8 Å². The highest BCUT2D eigenvalue weighted by atomic mass is 16.5. The van der Waals surface area contributed by atoms with Crippen LogP contribution in [-0.2, 0) is 9.47 Å². The third-order valence-electron chi connectivity index (χ3n) is 2.22. The van der Waals surface area contributed by atoms with E-state index in [0.29, 0.717) is 32.1 Å². The van der Waals surface area contributed by atoms with Gasteiger partial charge in [0.05, 0.1) is 19.4 Å². The van der Waals surface area contributed by atoms with Crippen LogP contribution >= 0.6 is 0 Å². The molecule has 0 saturated heterocycles. The first kappa shape index (κ1) is 14.3. The van der Waals surface area contributed by atoms with Gasteiger partial charge in [0.25, 0.3) is 0 Å². The Kier molecular flexibility index (Phi) is 6.67. The van der Waals surface area contributed by atoms with E-state index < -0.39 is 0 Å². The predicted molar refractivity (Wildman–Crippen MR) is 66.4 cm³/mol. The van der Waals surface area contributed by atoms with Gasteiger partial charge in [-0.3, -0.25) is 10.3 Å². The van der Waals surface area contributed by atoms with E-state index in [1.807, 2.05) is 0 Å². The molecule has 0 aliphatic heterocycles. The Labute approximate surface area is 106 Å². The van der Waals surface area contributed by atoms with Gasteiger partial charge in [0, 0.05) is 39.7 Å². The average molecular weight is 254 g/mol. The second-order valence-corrected chi connectivity index (χ2v) is 3.49. The molecule has 1 N–H and O–H groups in total. The van der Waals surface area contributed by atoms with E-state index >= 15 is 0 Å². The molecule has 1 aromatic rings. The molecule has 1 aromatic heterocycles. The predicted octanol–water partition coefficient (Wildman–Crippen LogP) is 0.603. The van der Waals surface area contributed by atoms with Crippen LogP contribution in [0, 0.1) is 0 Å². The van der Waals surface area contributed by atoms with Crippen molar-refractivity contribution < 1.29 is 14.3 Å². The Morgan fingerprint density at radius 2 is 1.94 bits per heavy atom. The van der Waals surface area contributed by atoms with Gasteiger partial charge in [-0.1, -0.05) is 0 Å². The van der Waals surface area contributed by atoms with E-state index in [0.717, 1.165) is 0 Å². The smallest absolute Gasteiger partial charge is 0.323 e. The van der Waals surface area contributed by atoms with Gasteiger partial charge in [0.1, 0.15) is 0 Å². The molecule has 0 aliphatic rings. The summed E-state index contributed by atoms with van der Waals surface area (Å²) in [6.45, 7) is 1.92. The van der Waals surface area contributed by atoms with Crippen LogP contribution in [0.5, 0.6) is 0 Å². The highest BCUT2D eigenvalue weighted by molar-refractivity contribution is 5.88. The van der Waals surface area contributed by atoms with Gasteiger partial charge in [-0.15, -0.1) is 0 Å². The summed E-state index contributed by atoms with van der Waals surface area (Å²) in [4.78, 5) is 21.4. The van der Waals surface area contributed by atoms with Crippen molar-refractivity contribution in [1.82, 2.24) is 14.9 Å². The topological polar surface area (TPSA) is 76.6 Å². The number of rotatable bonds is 7. The van der Waals surface area contributed by atoms with E-state index in [1.165, 1.54) is 12.4 Å². The van der Waals surface area contributed by atoms with E-state index in [-0.39, 0.29) is 6.03 Å². The first-order valence-electron chi connectivity index (χ1n) is 5.57. The maximum atomic E-state index is 12.0. The number of nitrogens with zero attached hydrogens (tertiary/aromatic N) is 3. The summed E-state index contributed by atoms with van der Waals surface area (Å²) in [6.07, 6.45) is 4.55. The minimum atomic E-state index is -0.246. The van der Waals surface area contributed by atoms with Crippen molar-refractivity contribution in [2.45, 2.75) is 0 Å². The summed E-state index contributed by atoms with van der Waals surface area (Å²) in [5.41, 5.74) is 0.